The summed E-state index contributed by atoms with van der Waals surface area (Å²) in [4.78, 5) is 22.2. The summed E-state index contributed by atoms with van der Waals surface area (Å²) in [5.74, 6) is 0.473. The van der Waals surface area contributed by atoms with Gasteiger partial charge in [0.25, 0.3) is 5.91 Å². The van der Waals surface area contributed by atoms with Gasteiger partial charge in [-0.2, -0.15) is 0 Å². The number of hydrogen-bond donors (Lipinski definition) is 0. The molecule has 2 aliphatic heterocycles. The fourth-order valence-electron chi connectivity index (χ4n) is 4.76. The Labute approximate surface area is 170 Å². The van der Waals surface area contributed by atoms with Crippen molar-refractivity contribution in [3.05, 3.63) is 65.7 Å². The predicted octanol–water partition coefficient (Wildman–Crippen LogP) is 2.83. The molecule has 0 unspecified atom stereocenters. The lowest BCUT2D eigenvalue weighted by Gasteiger charge is -2.42. The highest BCUT2D eigenvalue weighted by molar-refractivity contribution is 5.88. The SMILES string of the molecule is O=C1N(CC2CC2)CCO[C@]12CN(Cc1ccc(F)cc1)C[C@@H]2c1cccnc1. The Morgan fingerprint density at radius 1 is 1.21 bits per heavy atom. The summed E-state index contributed by atoms with van der Waals surface area (Å²) >= 11 is 0. The number of amides is 1. The normalized spacial score (nSPS) is 27.7. The molecule has 0 bridgehead atoms. The quantitative estimate of drug-likeness (QED) is 0.781. The van der Waals surface area contributed by atoms with Gasteiger partial charge < -0.3 is 9.64 Å². The Morgan fingerprint density at radius 3 is 2.76 bits per heavy atom. The molecule has 1 amide bonds. The second-order valence-corrected chi connectivity index (χ2v) is 8.57. The van der Waals surface area contributed by atoms with Crippen molar-refractivity contribution < 1.29 is 13.9 Å². The van der Waals surface area contributed by atoms with E-state index in [0.717, 1.165) is 17.7 Å². The van der Waals surface area contributed by atoms with Gasteiger partial charge in [-0.1, -0.05) is 18.2 Å². The van der Waals surface area contributed by atoms with Crippen LogP contribution < -0.4 is 0 Å². The van der Waals surface area contributed by atoms with Crippen molar-refractivity contribution in [1.82, 2.24) is 14.8 Å². The van der Waals surface area contributed by atoms with Crippen LogP contribution in [-0.2, 0) is 16.1 Å². The van der Waals surface area contributed by atoms with Crippen LogP contribution in [0.1, 0.15) is 29.9 Å². The van der Waals surface area contributed by atoms with Crippen LogP contribution in [0.3, 0.4) is 0 Å². The number of halogens is 1. The van der Waals surface area contributed by atoms with Crippen molar-refractivity contribution in [3.63, 3.8) is 0 Å². The average Bonchev–Trinajstić information content (AvgIpc) is 3.48. The summed E-state index contributed by atoms with van der Waals surface area (Å²) in [6, 6.07) is 10.5. The topological polar surface area (TPSA) is 45.7 Å². The molecule has 1 saturated carbocycles. The van der Waals surface area contributed by atoms with Gasteiger partial charge in [-0.25, -0.2) is 4.39 Å². The largest absolute Gasteiger partial charge is 0.361 e. The number of rotatable bonds is 5. The van der Waals surface area contributed by atoms with Crippen molar-refractivity contribution in [2.75, 3.05) is 32.8 Å². The van der Waals surface area contributed by atoms with E-state index in [9.17, 15) is 9.18 Å². The van der Waals surface area contributed by atoms with Gasteiger partial charge in [0.2, 0.25) is 0 Å². The Hall–Kier alpha value is -2.31. The third-order valence-corrected chi connectivity index (χ3v) is 6.41. The highest BCUT2D eigenvalue weighted by atomic mass is 19.1. The van der Waals surface area contributed by atoms with E-state index in [1.165, 1.54) is 25.0 Å². The number of nitrogens with zero attached hydrogens (tertiary/aromatic N) is 3. The number of ether oxygens (including phenoxy) is 1. The predicted molar refractivity (Wildman–Crippen MR) is 107 cm³/mol. The van der Waals surface area contributed by atoms with Crippen LogP contribution in [0.4, 0.5) is 4.39 Å². The Morgan fingerprint density at radius 2 is 2.03 bits per heavy atom. The fourth-order valence-corrected chi connectivity index (χ4v) is 4.76. The number of hydrogen-bond acceptors (Lipinski definition) is 4. The van der Waals surface area contributed by atoms with Gasteiger partial charge in [0.1, 0.15) is 5.82 Å². The molecular formula is C23H26FN3O2. The number of carbonyl (C=O) groups excluding carboxylic acids is 1. The third-order valence-electron chi connectivity index (χ3n) is 6.41. The summed E-state index contributed by atoms with van der Waals surface area (Å²) in [5, 5.41) is 0. The Kier molecular flexibility index (Phi) is 4.84. The standard InChI is InChI=1S/C23H26FN3O2/c24-20-7-5-17(6-8-20)13-26-15-21(19-2-1-9-25-12-19)23(16-26)22(28)27(10-11-29-23)14-18-3-4-18/h1-2,5-9,12,18,21H,3-4,10-11,13-16H2/t21-,23+/m1/s1. The number of aromatic nitrogens is 1. The molecule has 152 valence electrons. The maximum atomic E-state index is 13.6. The summed E-state index contributed by atoms with van der Waals surface area (Å²) in [6.45, 7) is 4.02. The summed E-state index contributed by atoms with van der Waals surface area (Å²) < 4.78 is 19.6. The third kappa shape index (κ3) is 3.67. The van der Waals surface area contributed by atoms with Crippen LogP contribution in [0.5, 0.6) is 0 Å². The van der Waals surface area contributed by atoms with E-state index in [1.54, 1.807) is 6.20 Å². The van der Waals surface area contributed by atoms with Gasteiger partial charge in [-0.05, 0) is 48.1 Å². The lowest BCUT2D eigenvalue weighted by molar-refractivity contribution is -0.172. The Bertz CT molecular complexity index is 871. The number of carbonyl (C=O) groups is 1. The van der Waals surface area contributed by atoms with Crippen LogP contribution >= 0.6 is 0 Å². The first-order valence-corrected chi connectivity index (χ1v) is 10.4. The zero-order valence-electron chi connectivity index (χ0n) is 16.5. The molecule has 3 fully saturated rings. The lowest BCUT2D eigenvalue weighted by atomic mass is 9.83. The zero-order chi connectivity index (χ0) is 19.8. The van der Waals surface area contributed by atoms with Crippen LogP contribution in [0.2, 0.25) is 0 Å². The molecule has 2 aromatic rings. The van der Waals surface area contributed by atoms with Gasteiger partial charge in [-0.3, -0.25) is 14.7 Å². The molecule has 1 aromatic heterocycles. The minimum absolute atomic E-state index is 0.0637. The molecule has 3 aliphatic rings. The second-order valence-electron chi connectivity index (χ2n) is 8.57. The summed E-state index contributed by atoms with van der Waals surface area (Å²) in [6.07, 6.45) is 6.05. The maximum absolute atomic E-state index is 13.6. The molecule has 2 saturated heterocycles. The molecular weight excluding hydrogens is 369 g/mol. The molecule has 5 nitrogen and oxygen atoms in total. The molecule has 3 heterocycles. The van der Waals surface area contributed by atoms with E-state index in [0.29, 0.717) is 38.7 Å². The van der Waals surface area contributed by atoms with Crippen molar-refractivity contribution in [2.24, 2.45) is 5.92 Å². The van der Waals surface area contributed by atoms with Gasteiger partial charge in [0.05, 0.1) is 6.61 Å². The monoisotopic (exact) mass is 395 g/mol. The lowest BCUT2D eigenvalue weighted by Crippen LogP contribution is -2.60. The first-order valence-electron chi connectivity index (χ1n) is 10.4. The fraction of sp³-hybridized carbons (Fsp3) is 0.478. The Balaban J connectivity index is 1.43. The van der Waals surface area contributed by atoms with Gasteiger partial charge in [0, 0.05) is 51.0 Å². The minimum atomic E-state index is -0.865. The zero-order valence-corrected chi connectivity index (χ0v) is 16.5. The highest BCUT2D eigenvalue weighted by Gasteiger charge is 2.57. The van der Waals surface area contributed by atoms with Crippen molar-refractivity contribution in [2.45, 2.75) is 30.9 Å². The van der Waals surface area contributed by atoms with E-state index >= 15 is 0 Å². The molecule has 5 rings (SSSR count). The van der Waals surface area contributed by atoms with Crippen molar-refractivity contribution in [3.8, 4) is 0 Å². The van der Waals surface area contributed by atoms with E-state index in [1.807, 2.05) is 35.4 Å². The number of likely N-dealkylation sites (tertiary alicyclic amines) is 1. The van der Waals surface area contributed by atoms with Crippen LogP contribution in [0.25, 0.3) is 0 Å². The van der Waals surface area contributed by atoms with E-state index < -0.39 is 5.60 Å². The van der Waals surface area contributed by atoms with Crippen LogP contribution in [-0.4, -0.2) is 59.1 Å². The van der Waals surface area contributed by atoms with Gasteiger partial charge >= 0.3 is 0 Å². The molecule has 0 radical (unpaired) electrons. The van der Waals surface area contributed by atoms with Crippen LogP contribution in [0, 0.1) is 11.7 Å². The van der Waals surface area contributed by atoms with Crippen molar-refractivity contribution in [1.29, 1.82) is 0 Å². The maximum Gasteiger partial charge on any atom is 0.256 e. The minimum Gasteiger partial charge on any atom is -0.361 e. The van der Waals surface area contributed by atoms with Crippen LogP contribution in [0.15, 0.2) is 48.8 Å². The van der Waals surface area contributed by atoms with Gasteiger partial charge in [-0.15, -0.1) is 0 Å². The molecule has 6 heteroatoms. The summed E-state index contributed by atoms with van der Waals surface area (Å²) in [5.41, 5.74) is 1.21. The highest BCUT2D eigenvalue weighted by Crippen LogP contribution is 2.43. The van der Waals surface area contributed by atoms with E-state index in [4.69, 9.17) is 4.74 Å². The number of pyridine rings is 1. The first-order chi connectivity index (χ1) is 14.1. The molecule has 2 atom stereocenters. The van der Waals surface area contributed by atoms with Crippen molar-refractivity contribution >= 4 is 5.91 Å². The number of benzene rings is 1. The van der Waals surface area contributed by atoms with E-state index in [-0.39, 0.29) is 17.6 Å². The molecule has 0 N–H and O–H groups in total. The molecule has 29 heavy (non-hydrogen) atoms. The summed E-state index contributed by atoms with van der Waals surface area (Å²) in [7, 11) is 0. The number of morpholine rings is 1. The molecule has 1 aromatic carbocycles. The average molecular weight is 395 g/mol. The molecule has 1 aliphatic carbocycles. The second kappa shape index (κ2) is 7.50. The smallest absolute Gasteiger partial charge is 0.256 e. The van der Waals surface area contributed by atoms with Gasteiger partial charge in [0.15, 0.2) is 5.60 Å². The van der Waals surface area contributed by atoms with E-state index in [2.05, 4.69) is 9.88 Å². The first kappa shape index (κ1) is 18.7. The molecule has 1 spiro atoms.